The molecule has 0 saturated carbocycles. The number of ketones is 1. The Labute approximate surface area is 133 Å². The molecule has 2 rings (SSSR count). The summed E-state index contributed by atoms with van der Waals surface area (Å²) in [5, 5.41) is 0. The molecule has 0 aliphatic carbocycles. The number of alkyl halides is 2. The molecule has 0 spiro atoms. The lowest BCUT2D eigenvalue weighted by Gasteiger charge is -2.04. The third kappa shape index (κ3) is 5.21. The number of benzene rings is 2. The van der Waals surface area contributed by atoms with Crippen LogP contribution in [0.15, 0.2) is 54.6 Å². The van der Waals surface area contributed by atoms with Crippen molar-refractivity contribution in [2.45, 2.75) is 13.5 Å². The normalized spacial score (nSPS) is 11.0. The number of allylic oxidation sites excluding steroid dienone is 1. The van der Waals surface area contributed by atoms with Gasteiger partial charge in [0.05, 0.1) is 6.61 Å². The van der Waals surface area contributed by atoms with E-state index in [1.165, 1.54) is 30.3 Å². The van der Waals surface area contributed by atoms with E-state index in [9.17, 15) is 13.6 Å². The fraction of sp³-hybridized carbons (Fsp3) is 0.167. The first kappa shape index (κ1) is 16.7. The first-order valence-electron chi connectivity index (χ1n) is 7.08. The summed E-state index contributed by atoms with van der Waals surface area (Å²) in [7, 11) is 0. The first-order valence-corrected chi connectivity index (χ1v) is 7.08. The molecule has 0 aromatic heterocycles. The number of carbonyl (C=O) groups is 1. The van der Waals surface area contributed by atoms with Gasteiger partial charge in [0.2, 0.25) is 0 Å². The van der Waals surface area contributed by atoms with Crippen LogP contribution in [0.25, 0.3) is 6.08 Å². The van der Waals surface area contributed by atoms with E-state index in [1.807, 2.05) is 31.2 Å². The highest BCUT2D eigenvalue weighted by atomic mass is 19.3. The third-order valence-corrected chi connectivity index (χ3v) is 2.96. The van der Waals surface area contributed by atoms with Crippen LogP contribution in [0.1, 0.15) is 22.8 Å². The predicted octanol–water partition coefficient (Wildman–Crippen LogP) is 4.58. The average molecular weight is 318 g/mol. The summed E-state index contributed by atoms with van der Waals surface area (Å²) in [5.41, 5.74) is 1.23. The van der Waals surface area contributed by atoms with Crippen molar-refractivity contribution < 1.29 is 23.0 Å². The maximum atomic E-state index is 12.1. The number of hydrogen-bond donors (Lipinski definition) is 0. The molecule has 0 atom stereocenters. The minimum absolute atomic E-state index is 0.0185. The van der Waals surface area contributed by atoms with Crippen molar-refractivity contribution in [3.8, 4) is 11.5 Å². The summed E-state index contributed by atoms with van der Waals surface area (Å²) < 4.78 is 33.8. The number of halogens is 2. The summed E-state index contributed by atoms with van der Waals surface area (Å²) in [5.74, 6) is 0.524. The zero-order valence-electron chi connectivity index (χ0n) is 12.5. The molecular formula is C18H16F2O3. The summed E-state index contributed by atoms with van der Waals surface area (Å²) in [6.45, 7) is -0.416. The van der Waals surface area contributed by atoms with Crippen molar-refractivity contribution in [3.63, 3.8) is 0 Å². The molecule has 2 aromatic rings. The highest BCUT2D eigenvalue weighted by Crippen LogP contribution is 2.17. The molecular weight excluding hydrogens is 302 g/mol. The van der Waals surface area contributed by atoms with Gasteiger partial charge in [-0.15, -0.1) is 0 Å². The molecule has 0 saturated heterocycles. The molecule has 120 valence electrons. The van der Waals surface area contributed by atoms with Crippen LogP contribution >= 0.6 is 0 Å². The van der Waals surface area contributed by atoms with Gasteiger partial charge in [-0.3, -0.25) is 4.79 Å². The van der Waals surface area contributed by atoms with Crippen molar-refractivity contribution in [1.29, 1.82) is 0 Å². The maximum Gasteiger partial charge on any atom is 0.387 e. The average Bonchev–Trinajstić information content (AvgIpc) is 2.53. The van der Waals surface area contributed by atoms with Crippen LogP contribution in [-0.2, 0) is 0 Å². The van der Waals surface area contributed by atoms with Gasteiger partial charge in [-0.1, -0.05) is 18.2 Å². The van der Waals surface area contributed by atoms with E-state index in [1.54, 1.807) is 6.08 Å². The molecule has 0 heterocycles. The van der Waals surface area contributed by atoms with E-state index in [-0.39, 0.29) is 11.5 Å². The van der Waals surface area contributed by atoms with E-state index in [4.69, 9.17) is 4.74 Å². The monoisotopic (exact) mass is 318 g/mol. The molecule has 5 heteroatoms. The maximum absolute atomic E-state index is 12.1. The van der Waals surface area contributed by atoms with E-state index in [0.29, 0.717) is 12.2 Å². The minimum atomic E-state index is -2.88. The lowest BCUT2D eigenvalue weighted by molar-refractivity contribution is -0.0498. The van der Waals surface area contributed by atoms with Crippen molar-refractivity contribution in [3.05, 3.63) is 65.7 Å². The van der Waals surface area contributed by atoms with E-state index < -0.39 is 6.61 Å². The van der Waals surface area contributed by atoms with E-state index >= 15 is 0 Å². The molecule has 2 aromatic carbocycles. The van der Waals surface area contributed by atoms with Crippen LogP contribution in [0.2, 0.25) is 0 Å². The number of rotatable bonds is 7. The second kappa shape index (κ2) is 8.08. The van der Waals surface area contributed by atoms with Gasteiger partial charge < -0.3 is 9.47 Å². The molecule has 0 radical (unpaired) electrons. The highest BCUT2D eigenvalue weighted by molar-refractivity contribution is 6.06. The van der Waals surface area contributed by atoms with E-state index in [2.05, 4.69) is 4.74 Å². The Hall–Kier alpha value is -2.69. The Bertz CT molecular complexity index is 679. The van der Waals surface area contributed by atoms with Gasteiger partial charge >= 0.3 is 6.61 Å². The highest BCUT2D eigenvalue weighted by Gasteiger charge is 2.06. The van der Waals surface area contributed by atoms with Gasteiger partial charge in [-0.2, -0.15) is 8.78 Å². The van der Waals surface area contributed by atoms with Crippen LogP contribution in [-0.4, -0.2) is 19.0 Å². The summed E-state index contributed by atoms with van der Waals surface area (Å²) >= 11 is 0. The zero-order chi connectivity index (χ0) is 16.7. The Morgan fingerprint density at radius 3 is 2.52 bits per heavy atom. The third-order valence-electron chi connectivity index (χ3n) is 2.96. The lowest BCUT2D eigenvalue weighted by atomic mass is 10.1. The van der Waals surface area contributed by atoms with Gasteiger partial charge in [0.25, 0.3) is 0 Å². The quantitative estimate of drug-likeness (QED) is 0.553. The first-order chi connectivity index (χ1) is 11.1. The molecule has 0 fully saturated rings. The van der Waals surface area contributed by atoms with Crippen LogP contribution in [0.5, 0.6) is 11.5 Å². The van der Waals surface area contributed by atoms with Gasteiger partial charge in [0, 0.05) is 5.56 Å². The van der Waals surface area contributed by atoms with Crippen molar-refractivity contribution in [2.75, 3.05) is 6.61 Å². The van der Waals surface area contributed by atoms with Crippen LogP contribution in [0, 0.1) is 0 Å². The smallest absolute Gasteiger partial charge is 0.387 e. The molecule has 3 nitrogen and oxygen atoms in total. The Balaban J connectivity index is 2.04. The summed E-state index contributed by atoms with van der Waals surface area (Å²) in [4.78, 5) is 12.1. The van der Waals surface area contributed by atoms with Gasteiger partial charge in [-0.25, -0.2) is 0 Å². The topological polar surface area (TPSA) is 35.5 Å². The minimum Gasteiger partial charge on any atom is -0.494 e. The van der Waals surface area contributed by atoms with Crippen molar-refractivity contribution in [2.24, 2.45) is 0 Å². The predicted molar refractivity (Wildman–Crippen MR) is 84.0 cm³/mol. The van der Waals surface area contributed by atoms with Gasteiger partial charge in [-0.05, 0) is 55.0 Å². The Morgan fingerprint density at radius 2 is 1.87 bits per heavy atom. The molecule has 0 bridgehead atoms. The number of hydrogen-bond acceptors (Lipinski definition) is 3. The Morgan fingerprint density at radius 1 is 1.13 bits per heavy atom. The van der Waals surface area contributed by atoms with Crippen molar-refractivity contribution >= 4 is 11.9 Å². The van der Waals surface area contributed by atoms with Crippen LogP contribution < -0.4 is 9.47 Å². The molecule has 0 aliphatic heterocycles. The summed E-state index contributed by atoms with van der Waals surface area (Å²) in [6, 6.07) is 12.9. The fourth-order valence-electron chi connectivity index (χ4n) is 1.94. The van der Waals surface area contributed by atoms with Crippen LogP contribution in [0.4, 0.5) is 8.78 Å². The molecule has 0 amide bonds. The molecule has 0 N–H and O–H groups in total. The van der Waals surface area contributed by atoms with Crippen molar-refractivity contribution in [1.82, 2.24) is 0 Å². The fourth-order valence-corrected chi connectivity index (χ4v) is 1.94. The largest absolute Gasteiger partial charge is 0.494 e. The molecule has 0 aliphatic rings. The second-order valence-electron chi connectivity index (χ2n) is 4.61. The molecule has 0 unspecified atom stereocenters. The Kier molecular flexibility index (Phi) is 5.86. The molecule has 23 heavy (non-hydrogen) atoms. The number of carbonyl (C=O) groups excluding carboxylic acids is 1. The summed E-state index contributed by atoms with van der Waals surface area (Å²) in [6.07, 6.45) is 3.10. The van der Waals surface area contributed by atoms with Gasteiger partial charge in [0.15, 0.2) is 5.78 Å². The van der Waals surface area contributed by atoms with Crippen LogP contribution in [0.3, 0.4) is 0 Å². The van der Waals surface area contributed by atoms with E-state index in [0.717, 1.165) is 11.3 Å². The lowest BCUT2D eigenvalue weighted by Crippen LogP contribution is -2.02. The number of ether oxygens (including phenoxy) is 2. The SMILES string of the molecule is CCOc1cccc(C=CC(=O)c2ccc(OC(F)F)cc2)c1. The standard InChI is InChI=1S/C18H16F2O3/c1-2-22-16-5-3-4-13(12-16)6-11-17(21)14-7-9-15(10-8-14)23-18(19)20/h3-12,18H,2H2,1H3. The van der Waals surface area contributed by atoms with Gasteiger partial charge in [0.1, 0.15) is 11.5 Å². The zero-order valence-corrected chi connectivity index (χ0v) is 12.5. The second-order valence-corrected chi connectivity index (χ2v) is 4.61.